The lowest BCUT2D eigenvalue weighted by Crippen LogP contribution is -2.37. The average molecular weight is 423 g/mol. The Labute approximate surface area is 175 Å². The highest BCUT2D eigenvalue weighted by atomic mass is 16.6. The van der Waals surface area contributed by atoms with Gasteiger partial charge in [0.05, 0.1) is 5.41 Å². The number of hydrogen-bond acceptors (Lipinski definition) is 9. The van der Waals surface area contributed by atoms with Crippen molar-refractivity contribution in [3.05, 3.63) is 23.8 Å². The Bertz CT molecular complexity index is 797. The van der Waals surface area contributed by atoms with Crippen LogP contribution in [0.4, 0.5) is 0 Å². The van der Waals surface area contributed by atoms with E-state index in [2.05, 4.69) is 0 Å². The van der Waals surface area contributed by atoms with Crippen LogP contribution in [0.15, 0.2) is 18.2 Å². The Morgan fingerprint density at radius 1 is 1.00 bits per heavy atom. The van der Waals surface area contributed by atoms with Crippen molar-refractivity contribution in [2.75, 3.05) is 6.61 Å². The number of carbonyl (C=O) groups is 4. The number of rotatable bonds is 8. The molecule has 2 N–H and O–H groups in total. The van der Waals surface area contributed by atoms with E-state index in [4.69, 9.17) is 24.7 Å². The van der Waals surface area contributed by atoms with Crippen LogP contribution in [0.5, 0.6) is 11.5 Å². The van der Waals surface area contributed by atoms with E-state index in [0.29, 0.717) is 5.56 Å². The van der Waals surface area contributed by atoms with Gasteiger partial charge in [0.2, 0.25) is 0 Å². The normalized spacial score (nSPS) is 13.0. The van der Waals surface area contributed by atoms with Crippen molar-refractivity contribution in [3.63, 3.8) is 0 Å². The highest BCUT2D eigenvalue weighted by molar-refractivity contribution is 5.77. The molecule has 0 heterocycles. The Balaban J connectivity index is 2.73. The third kappa shape index (κ3) is 8.60. The quantitative estimate of drug-likeness (QED) is 0.492. The van der Waals surface area contributed by atoms with Crippen LogP contribution in [0.1, 0.15) is 47.1 Å². The van der Waals surface area contributed by atoms with Gasteiger partial charge in [-0.05, 0) is 51.8 Å². The van der Waals surface area contributed by atoms with E-state index in [1.165, 1.54) is 26.0 Å². The molecule has 0 aliphatic heterocycles. The van der Waals surface area contributed by atoms with Gasteiger partial charge >= 0.3 is 23.9 Å². The second kappa shape index (κ2) is 10.7. The van der Waals surface area contributed by atoms with Gasteiger partial charge in [-0.1, -0.05) is 6.07 Å². The Morgan fingerprint density at radius 2 is 1.57 bits per heavy atom. The highest BCUT2D eigenvalue weighted by Crippen LogP contribution is 2.29. The van der Waals surface area contributed by atoms with Crippen LogP contribution in [0.25, 0.3) is 0 Å². The predicted octanol–water partition coefficient (Wildman–Crippen LogP) is 1.93. The minimum atomic E-state index is -1.00. The van der Waals surface area contributed by atoms with Gasteiger partial charge in [0.25, 0.3) is 0 Å². The van der Waals surface area contributed by atoms with Crippen LogP contribution in [-0.2, 0) is 35.1 Å². The first-order chi connectivity index (χ1) is 13.8. The van der Waals surface area contributed by atoms with Crippen molar-refractivity contribution in [2.45, 2.75) is 60.1 Å². The summed E-state index contributed by atoms with van der Waals surface area (Å²) in [6.07, 6.45) is -0.583. The summed E-state index contributed by atoms with van der Waals surface area (Å²) in [5, 5.41) is 0. The number of benzene rings is 1. The molecule has 166 valence electrons. The fourth-order valence-electron chi connectivity index (χ4n) is 2.22. The molecule has 1 aromatic rings. The lowest BCUT2D eigenvalue weighted by molar-refractivity contribution is -0.163. The summed E-state index contributed by atoms with van der Waals surface area (Å²) in [5.74, 6) is -2.13. The van der Waals surface area contributed by atoms with Crippen LogP contribution in [0.3, 0.4) is 0 Å². The molecule has 0 unspecified atom stereocenters. The molecule has 0 spiro atoms. The van der Waals surface area contributed by atoms with Gasteiger partial charge in [-0.25, -0.2) is 0 Å². The fraction of sp³-hybridized carbons (Fsp3) is 0.524. The van der Waals surface area contributed by atoms with Crippen LogP contribution in [0.2, 0.25) is 0 Å². The van der Waals surface area contributed by atoms with Crippen molar-refractivity contribution >= 4 is 23.9 Å². The lowest BCUT2D eigenvalue weighted by atomic mass is 9.97. The zero-order valence-corrected chi connectivity index (χ0v) is 18.1. The second-order valence-corrected chi connectivity index (χ2v) is 7.87. The van der Waals surface area contributed by atoms with E-state index in [1.54, 1.807) is 33.8 Å². The summed E-state index contributed by atoms with van der Waals surface area (Å²) in [7, 11) is 0. The van der Waals surface area contributed by atoms with Gasteiger partial charge in [-0.2, -0.15) is 0 Å². The van der Waals surface area contributed by atoms with Gasteiger partial charge in [-0.3, -0.25) is 19.2 Å². The van der Waals surface area contributed by atoms with E-state index < -0.39 is 41.4 Å². The summed E-state index contributed by atoms with van der Waals surface area (Å²) in [6, 6.07) is 3.49. The molecule has 1 aromatic carbocycles. The molecule has 0 aliphatic rings. The third-order valence-corrected chi connectivity index (χ3v) is 3.65. The number of esters is 4. The number of carbonyl (C=O) groups excluding carboxylic acids is 4. The highest BCUT2D eigenvalue weighted by Gasteiger charge is 2.25. The van der Waals surface area contributed by atoms with E-state index >= 15 is 0 Å². The summed E-state index contributed by atoms with van der Waals surface area (Å²) < 4.78 is 20.4. The largest absolute Gasteiger partial charge is 0.461 e. The molecule has 0 amide bonds. The van der Waals surface area contributed by atoms with Crippen molar-refractivity contribution in [1.82, 2.24) is 0 Å². The van der Waals surface area contributed by atoms with Crippen LogP contribution in [-0.4, -0.2) is 42.6 Å². The maximum absolute atomic E-state index is 12.2. The van der Waals surface area contributed by atoms with Crippen molar-refractivity contribution in [2.24, 2.45) is 11.1 Å². The second-order valence-electron chi connectivity index (χ2n) is 7.87. The minimum absolute atomic E-state index is 0.0400. The van der Waals surface area contributed by atoms with E-state index in [0.717, 1.165) is 0 Å². The fourth-order valence-corrected chi connectivity index (χ4v) is 2.22. The first-order valence-corrected chi connectivity index (χ1v) is 9.42. The molecular weight excluding hydrogens is 394 g/mol. The molecule has 0 fully saturated rings. The van der Waals surface area contributed by atoms with Gasteiger partial charge in [0.15, 0.2) is 11.5 Å². The summed E-state index contributed by atoms with van der Waals surface area (Å²) in [5.41, 5.74) is 5.83. The molecule has 2 atom stereocenters. The van der Waals surface area contributed by atoms with Crippen molar-refractivity contribution in [3.8, 4) is 11.5 Å². The standard InChI is InChI=1S/C21H29NO8/c1-12(11-27-20(26)21(4,5)6)28-19(25)16(22)9-15-7-8-17(29-13(2)23)18(10-15)30-14(3)24/h7-8,10,12,16H,9,11,22H2,1-6H3/t12-,16-/m0/s1. The predicted molar refractivity (Wildman–Crippen MR) is 107 cm³/mol. The molecule has 9 heteroatoms. The molecule has 1 rings (SSSR count). The van der Waals surface area contributed by atoms with E-state index in [-0.39, 0.29) is 24.5 Å². The van der Waals surface area contributed by atoms with Gasteiger partial charge < -0.3 is 24.7 Å². The summed E-state index contributed by atoms with van der Waals surface area (Å²) >= 11 is 0. The molecule has 0 bridgehead atoms. The SMILES string of the molecule is CC(=O)Oc1ccc(C[C@H](N)C(=O)O[C@@H](C)COC(=O)C(C)(C)C)cc1OC(C)=O. The van der Waals surface area contributed by atoms with E-state index in [9.17, 15) is 19.2 Å². The molecule has 0 saturated carbocycles. The van der Waals surface area contributed by atoms with Crippen molar-refractivity contribution < 1.29 is 38.1 Å². The maximum atomic E-state index is 12.2. The first kappa shape index (κ1) is 25.1. The molecule has 0 aromatic heterocycles. The van der Waals surface area contributed by atoms with Crippen LogP contribution < -0.4 is 15.2 Å². The number of hydrogen-bond donors (Lipinski definition) is 1. The van der Waals surface area contributed by atoms with Crippen molar-refractivity contribution in [1.29, 1.82) is 0 Å². The van der Waals surface area contributed by atoms with Crippen LogP contribution in [0, 0.1) is 5.41 Å². The van der Waals surface area contributed by atoms with E-state index in [1.807, 2.05) is 0 Å². The zero-order chi connectivity index (χ0) is 23.1. The third-order valence-electron chi connectivity index (χ3n) is 3.65. The topological polar surface area (TPSA) is 131 Å². The van der Waals surface area contributed by atoms with Gasteiger partial charge in [0.1, 0.15) is 18.8 Å². The molecule has 0 aliphatic carbocycles. The minimum Gasteiger partial charge on any atom is -0.461 e. The van der Waals surface area contributed by atoms with Gasteiger partial charge in [0, 0.05) is 13.8 Å². The molecule has 9 nitrogen and oxygen atoms in total. The number of ether oxygens (including phenoxy) is 4. The smallest absolute Gasteiger partial charge is 0.323 e. The summed E-state index contributed by atoms with van der Waals surface area (Å²) in [4.78, 5) is 46.5. The van der Waals surface area contributed by atoms with Crippen LogP contribution >= 0.6 is 0 Å². The first-order valence-electron chi connectivity index (χ1n) is 9.42. The lowest BCUT2D eigenvalue weighted by Gasteiger charge is -2.20. The monoisotopic (exact) mass is 423 g/mol. The molecular formula is C21H29NO8. The maximum Gasteiger partial charge on any atom is 0.323 e. The number of nitrogens with two attached hydrogens (primary N) is 1. The summed E-state index contributed by atoms with van der Waals surface area (Å²) in [6.45, 7) is 9.10. The van der Waals surface area contributed by atoms with Gasteiger partial charge in [-0.15, -0.1) is 0 Å². The molecule has 0 saturated heterocycles. The Hall–Kier alpha value is -2.94. The average Bonchev–Trinajstić information content (AvgIpc) is 2.60. The molecule has 30 heavy (non-hydrogen) atoms. The Morgan fingerprint density at radius 3 is 2.10 bits per heavy atom. The Kier molecular flexibility index (Phi) is 8.97. The molecule has 0 radical (unpaired) electrons. The zero-order valence-electron chi connectivity index (χ0n) is 18.1.